The highest BCUT2D eigenvalue weighted by molar-refractivity contribution is 6.30. The highest BCUT2D eigenvalue weighted by Gasteiger charge is 2.35. The van der Waals surface area contributed by atoms with Gasteiger partial charge in [-0.25, -0.2) is 0 Å². The Morgan fingerprint density at radius 2 is 1.43 bits per heavy atom. The SMILES string of the molecule is CCCCCCCCCC[N+](C)(C)CCOc1cc(OC)cc2c1C(=O)c1c(O)cc(C)cc1C2=O.[Br-]. The van der Waals surface area contributed by atoms with Gasteiger partial charge in [-0.15, -0.1) is 0 Å². The maximum Gasteiger partial charge on any atom is 0.201 e. The van der Waals surface area contributed by atoms with Crippen molar-refractivity contribution in [2.45, 2.75) is 65.2 Å². The van der Waals surface area contributed by atoms with Crippen LogP contribution in [0, 0.1) is 6.92 Å². The first-order valence-corrected chi connectivity index (χ1v) is 13.3. The lowest BCUT2D eigenvalue weighted by Gasteiger charge is -2.30. The van der Waals surface area contributed by atoms with E-state index in [0.29, 0.717) is 23.7 Å². The number of phenols is 1. The number of quaternary nitrogens is 1. The largest absolute Gasteiger partial charge is 1.00 e. The minimum atomic E-state index is -0.401. The average Bonchev–Trinajstić information content (AvgIpc) is 2.83. The number of aryl methyl sites for hydroxylation is 1. The topological polar surface area (TPSA) is 72.8 Å². The van der Waals surface area contributed by atoms with Gasteiger partial charge in [0.25, 0.3) is 0 Å². The number of hydrogen-bond acceptors (Lipinski definition) is 5. The van der Waals surface area contributed by atoms with Crippen LogP contribution in [0.5, 0.6) is 17.2 Å². The Morgan fingerprint density at radius 1 is 0.811 bits per heavy atom. The second kappa shape index (κ2) is 14.0. The molecular formula is C30H42BrNO5. The summed E-state index contributed by atoms with van der Waals surface area (Å²) in [7, 11) is 5.91. The molecule has 6 nitrogen and oxygen atoms in total. The van der Waals surface area contributed by atoms with Crippen molar-refractivity contribution in [3.8, 4) is 17.2 Å². The molecule has 0 heterocycles. The Balaban J connectivity index is 0.00000481. The van der Waals surface area contributed by atoms with Gasteiger partial charge in [-0.3, -0.25) is 9.59 Å². The summed E-state index contributed by atoms with van der Waals surface area (Å²) in [4.78, 5) is 26.7. The fourth-order valence-electron chi connectivity index (χ4n) is 4.88. The Hall–Kier alpha value is -2.38. The summed E-state index contributed by atoms with van der Waals surface area (Å²) in [6, 6.07) is 6.37. The fourth-order valence-corrected chi connectivity index (χ4v) is 4.88. The van der Waals surface area contributed by atoms with Crippen molar-refractivity contribution in [2.24, 2.45) is 0 Å². The molecule has 1 aliphatic carbocycles. The Kier molecular flexibility index (Phi) is 11.6. The van der Waals surface area contributed by atoms with E-state index in [9.17, 15) is 14.7 Å². The predicted octanol–water partition coefficient (Wildman–Crippen LogP) is 3.08. The van der Waals surface area contributed by atoms with Gasteiger partial charge in [-0.2, -0.15) is 0 Å². The van der Waals surface area contributed by atoms with E-state index < -0.39 is 5.78 Å². The molecule has 0 saturated carbocycles. The standard InChI is InChI=1S/C30H41NO5.BrH/c1-6-7-8-9-10-11-12-13-14-31(3,4)15-16-36-26-20-22(35-5)19-24-28(26)30(34)27-23(29(24)33)17-21(2)18-25(27)32;/h17-20H,6-16H2,1-5H3;1H. The Bertz CT molecular complexity index is 1100. The van der Waals surface area contributed by atoms with E-state index in [-0.39, 0.29) is 50.8 Å². The Morgan fingerprint density at radius 3 is 2.08 bits per heavy atom. The van der Waals surface area contributed by atoms with E-state index in [1.807, 2.05) is 0 Å². The summed E-state index contributed by atoms with van der Waals surface area (Å²) in [5.74, 6) is -0.118. The van der Waals surface area contributed by atoms with Crippen LogP contribution in [-0.2, 0) is 0 Å². The van der Waals surface area contributed by atoms with Crippen molar-refractivity contribution in [3.63, 3.8) is 0 Å². The zero-order valence-corrected chi connectivity index (χ0v) is 24.6. The van der Waals surface area contributed by atoms with Gasteiger partial charge >= 0.3 is 0 Å². The van der Waals surface area contributed by atoms with E-state index in [0.717, 1.165) is 17.6 Å². The van der Waals surface area contributed by atoms with Gasteiger partial charge in [0, 0.05) is 17.2 Å². The molecule has 0 fully saturated rings. The van der Waals surface area contributed by atoms with Crippen LogP contribution >= 0.6 is 0 Å². The molecule has 7 heteroatoms. The molecule has 204 valence electrons. The molecule has 0 radical (unpaired) electrons. The van der Waals surface area contributed by atoms with Gasteiger partial charge in [0.2, 0.25) is 5.78 Å². The highest BCUT2D eigenvalue weighted by atomic mass is 79.9. The van der Waals surface area contributed by atoms with Crippen molar-refractivity contribution in [3.05, 3.63) is 52.1 Å². The van der Waals surface area contributed by atoms with E-state index in [1.165, 1.54) is 64.5 Å². The number of methoxy groups -OCH3 is 1. The molecule has 1 N–H and O–H groups in total. The molecule has 0 spiro atoms. The van der Waals surface area contributed by atoms with Gasteiger partial charge in [-0.1, -0.05) is 45.4 Å². The average molecular weight is 577 g/mol. The molecule has 0 saturated heterocycles. The number of halogens is 1. The van der Waals surface area contributed by atoms with Crippen molar-refractivity contribution in [1.82, 2.24) is 0 Å². The number of phenolic OH excluding ortho intramolecular Hbond substituents is 1. The van der Waals surface area contributed by atoms with Crippen LogP contribution in [0.2, 0.25) is 0 Å². The number of aromatic hydroxyl groups is 1. The lowest BCUT2D eigenvalue weighted by molar-refractivity contribution is -0.890. The van der Waals surface area contributed by atoms with Crippen molar-refractivity contribution in [2.75, 3.05) is 40.9 Å². The van der Waals surface area contributed by atoms with E-state index in [1.54, 1.807) is 25.1 Å². The number of nitrogens with zero attached hydrogens (tertiary/aromatic N) is 1. The second-order valence-corrected chi connectivity index (χ2v) is 10.6. The number of fused-ring (bicyclic) bond motifs is 2. The minimum Gasteiger partial charge on any atom is -1.00 e. The quantitative estimate of drug-likeness (QED) is 0.236. The summed E-state index contributed by atoms with van der Waals surface area (Å²) in [5.41, 5.74) is 1.42. The number of rotatable bonds is 14. The van der Waals surface area contributed by atoms with Crippen LogP contribution in [-0.4, -0.2) is 62.1 Å². The molecule has 0 aromatic heterocycles. The number of likely N-dealkylation sites (N-methyl/N-ethyl adjacent to an activating group) is 1. The summed E-state index contributed by atoms with van der Waals surface area (Å²) in [6.45, 7) is 6.26. The normalized spacial score (nSPS) is 12.6. The van der Waals surface area contributed by atoms with Gasteiger partial charge in [0.15, 0.2) is 5.78 Å². The molecule has 1 aliphatic rings. The van der Waals surface area contributed by atoms with Crippen molar-refractivity contribution >= 4 is 11.6 Å². The van der Waals surface area contributed by atoms with Gasteiger partial charge < -0.3 is 36.0 Å². The van der Waals surface area contributed by atoms with Gasteiger partial charge in [-0.05, 0) is 43.5 Å². The van der Waals surface area contributed by atoms with Crippen LogP contribution in [0.15, 0.2) is 24.3 Å². The molecule has 2 aromatic carbocycles. The van der Waals surface area contributed by atoms with Gasteiger partial charge in [0.05, 0.1) is 38.9 Å². The molecule has 2 aromatic rings. The third-order valence-electron chi connectivity index (χ3n) is 7.09. The number of ketones is 2. The molecule has 0 atom stereocenters. The predicted molar refractivity (Wildman–Crippen MR) is 143 cm³/mol. The lowest BCUT2D eigenvalue weighted by atomic mass is 9.82. The molecule has 0 amide bonds. The lowest BCUT2D eigenvalue weighted by Crippen LogP contribution is -3.00. The summed E-state index contributed by atoms with van der Waals surface area (Å²) >= 11 is 0. The number of carbonyl (C=O) groups excluding carboxylic acids is 2. The highest BCUT2D eigenvalue weighted by Crippen LogP contribution is 2.39. The number of unbranched alkanes of at least 4 members (excludes halogenated alkanes) is 7. The smallest absolute Gasteiger partial charge is 0.201 e. The van der Waals surface area contributed by atoms with Crippen LogP contribution in [0.4, 0.5) is 0 Å². The second-order valence-electron chi connectivity index (χ2n) is 10.6. The molecule has 0 aliphatic heterocycles. The zero-order valence-electron chi connectivity index (χ0n) is 23.0. The molecular weight excluding hydrogens is 534 g/mol. The minimum absolute atomic E-state index is 0. The fraction of sp³-hybridized carbons (Fsp3) is 0.533. The molecule has 0 unspecified atom stereocenters. The number of hydrogen-bond donors (Lipinski definition) is 1. The third-order valence-corrected chi connectivity index (χ3v) is 7.09. The van der Waals surface area contributed by atoms with Crippen molar-refractivity contribution in [1.29, 1.82) is 0 Å². The van der Waals surface area contributed by atoms with E-state index >= 15 is 0 Å². The number of benzene rings is 2. The van der Waals surface area contributed by atoms with Gasteiger partial charge in [0.1, 0.15) is 30.4 Å². The summed E-state index contributed by atoms with van der Waals surface area (Å²) in [5, 5.41) is 10.5. The third kappa shape index (κ3) is 7.81. The first-order valence-electron chi connectivity index (χ1n) is 13.3. The maximum atomic E-state index is 13.4. The first kappa shape index (κ1) is 30.8. The monoisotopic (exact) mass is 575 g/mol. The van der Waals surface area contributed by atoms with E-state index in [2.05, 4.69) is 21.0 Å². The van der Waals surface area contributed by atoms with Crippen LogP contribution < -0.4 is 26.5 Å². The van der Waals surface area contributed by atoms with Crippen LogP contribution in [0.3, 0.4) is 0 Å². The molecule has 0 bridgehead atoms. The first-order chi connectivity index (χ1) is 17.2. The molecule has 3 rings (SSSR count). The Labute approximate surface area is 232 Å². The van der Waals surface area contributed by atoms with Crippen molar-refractivity contribution < 1.29 is 45.6 Å². The van der Waals surface area contributed by atoms with Crippen LogP contribution in [0.25, 0.3) is 0 Å². The summed E-state index contributed by atoms with van der Waals surface area (Å²) in [6.07, 6.45) is 10.4. The zero-order chi connectivity index (χ0) is 26.3. The number of ether oxygens (including phenoxy) is 2. The van der Waals surface area contributed by atoms with Crippen LogP contribution in [0.1, 0.15) is 95.7 Å². The molecule has 37 heavy (non-hydrogen) atoms. The number of carbonyl (C=O) groups is 2. The maximum absolute atomic E-state index is 13.4. The summed E-state index contributed by atoms with van der Waals surface area (Å²) < 4.78 is 12.3. The van der Waals surface area contributed by atoms with E-state index in [4.69, 9.17) is 9.47 Å².